The molecule has 0 amide bonds. The number of nitrogens with one attached hydrogen (secondary N) is 1. The van der Waals surface area contributed by atoms with Crippen LogP contribution in [0.2, 0.25) is 0 Å². The maximum absolute atomic E-state index is 5.44. The molecule has 0 saturated heterocycles. The van der Waals surface area contributed by atoms with Crippen LogP contribution in [0.5, 0.6) is 0 Å². The minimum absolute atomic E-state index is 0.577. The molecule has 0 saturated carbocycles. The molecule has 1 atom stereocenters. The topological polar surface area (TPSA) is 12.0 Å². The molecule has 15 heavy (non-hydrogen) atoms. The fourth-order valence-electron chi connectivity index (χ4n) is 1.41. The summed E-state index contributed by atoms with van der Waals surface area (Å²) in [6.45, 7) is 3.02. The van der Waals surface area contributed by atoms with Crippen LogP contribution in [-0.2, 0) is 0 Å². The molecule has 1 aliphatic rings. The van der Waals surface area contributed by atoms with Crippen molar-refractivity contribution in [2.24, 2.45) is 5.92 Å². The maximum Gasteiger partial charge on any atom is 0.0148 e. The lowest BCUT2D eigenvalue weighted by atomic mass is 10.1. The Labute approximate surface area is 102 Å². The normalized spacial score (nSPS) is 20.1. The Hall–Kier alpha value is -0.180. The summed E-state index contributed by atoms with van der Waals surface area (Å²) < 4.78 is 0. The molecule has 0 bridgehead atoms. The van der Waals surface area contributed by atoms with Crippen LogP contribution < -0.4 is 4.84 Å². The van der Waals surface area contributed by atoms with Crippen LogP contribution in [0.15, 0.2) is 36.0 Å². The van der Waals surface area contributed by atoms with Crippen molar-refractivity contribution in [3.05, 3.63) is 36.0 Å². The SMILES string of the molecule is CCSCC1C=CC=C(CCNCl)C=C1. The zero-order chi connectivity index (χ0) is 10.9. The fraction of sp³-hybridized carbons (Fsp3) is 0.500. The van der Waals surface area contributed by atoms with Crippen molar-refractivity contribution in [1.82, 2.24) is 4.84 Å². The Balaban J connectivity index is 2.40. The van der Waals surface area contributed by atoms with E-state index in [4.69, 9.17) is 11.8 Å². The molecule has 1 nitrogen and oxygen atoms in total. The Morgan fingerprint density at radius 2 is 2.33 bits per heavy atom. The molecule has 0 aromatic rings. The van der Waals surface area contributed by atoms with Gasteiger partial charge < -0.3 is 0 Å². The van der Waals surface area contributed by atoms with Crippen LogP contribution in [0.1, 0.15) is 13.3 Å². The molecule has 1 rings (SSSR count). The van der Waals surface area contributed by atoms with Crippen LogP contribution in [0.25, 0.3) is 0 Å². The van der Waals surface area contributed by atoms with Gasteiger partial charge in [-0.3, -0.25) is 0 Å². The number of rotatable bonds is 6. The summed E-state index contributed by atoms with van der Waals surface area (Å²) >= 11 is 7.42. The van der Waals surface area contributed by atoms with Crippen molar-refractivity contribution in [1.29, 1.82) is 0 Å². The third-order valence-electron chi connectivity index (χ3n) is 2.25. The van der Waals surface area contributed by atoms with E-state index in [0.29, 0.717) is 5.92 Å². The zero-order valence-corrected chi connectivity index (χ0v) is 10.7. The average molecular weight is 244 g/mol. The highest BCUT2D eigenvalue weighted by Gasteiger charge is 2.02. The quantitative estimate of drug-likeness (QED) is 0.717. The predicted molar refractivity (Wildman–Crippen MR) is 71.3 cm³/mol. The van der Waals surface area contributed by atoms with Gasteiger partial charge in [0.2, 0.25) is 0 Å². The lowest BCUT2D eigenvalue weighted by Crippen LogP contribution is -2.01. The molecular weight excluding hydrogens is 226 g/mol. The molecule has 1 N–H and O–H groups in total. The van der Waals surface area contributed by atoms with Gasteiger partial charge in [-0.25, -0.2) is 4.84 Å². The van der Waals surface area contributed by atoms with E-state index < -0.39 is 0 Å². The van der Waals surface area contributed by atoms with Gasteiger partial charge in [0.1, 0.15) is 0 Å². The summed E-state index contributed by atoms with van der Waals surface area (Å²) in [5, 5.41) is 0. The number of hydrogen-bond acceptors (Lipinski definition) is 2. The molecule has 0 radical (unpaired) electrons. The maximum atomic E-state index is 5.44. The number of thioether (sulfide) groups is 1. The third-order valence-corrected chi connectivity index (χ3v) is 3.47. The number of halogens is 1. The van der Waals surface area contributed by atoms with Crippen molar-refractivity contribution in [2.45, 2.75) is 13.3 Å². The number of hydrogen-bond donors (Lipinski definition) is 1. The highest BCUT2D eigenvalue weighted by Crippen LogP contribution is 2.16. The van der Waals surface area contributed by atoms with Gasteiger partial charge in [-0.05, 0) is 29.5 Å². The molecule has 1 unspecified atom stereocenters. The largest absolute Gasteiger partial charge is 0.233 e. The molecule has 1 aliphatic carbocycles. The van der Waals surface area contributed by atoms with Gasteiger partial charge >= 0.3 is 0 Å². The summed E-state index contributed by atoms with van der Waals surface area (Å²) in [6.07, 6.45) is 12.1. The van der Waals surface area contributed by atoms with E-state index in [1.807, 2.05) is 11.8 Å². The van der Waals surface area contributed by atoms with E-state index in [2.05, 4.69) is 42.1 Å². The Kier molecular flexibility index (Phi) is 6.90. The Morgan fingerprint density at radius 3 is 3.07 bits per heavy atom. The summed E-state index contributed by atoms with van der Waals surface area (Å²) in [5.74, 6) is 2.94. The van der Waals surface area contributed by atoms with Gasteiger partial charge in [0, 0.05) is 18.2 Å². The van der Waals surface area contributed by atoms with E-state index in [-0.39, 0.29) is 0 Å². The van der Waals surface area contributed by atoms with Gasteiger partial charge in [0.05, 0.1) is 0 Å². The molecule has 0 aromatic heterocycles. The molecule has 0 aliphatic heterocycles. The summed E-state index contributed by atoms with van der Waals surface area (Å²) in [5.41, 5.74) is 1.34. The third kappa shape index (κ3) is 5.45. The molecule has 3 heteroatoms. The monoisotopic (exact) mass is 243 g/mol. The highest BCUT2D eigenvalue weighted by molar-refractivity contribution is 7.99. The molecule has 0 aromatic carbocycles. The van der Waals surface area contributed by atoms with Crippen LogP contribution >= 0.6 is 23.5 Å². The highest BCUT2D eigenvalue weighted by atomic mass is 35.5. The van der Waals surface area contributed by atoms with Gasteiger partial charge in [0.25, 0.3) is 0 Å². The number of allylic oxidation sites excluding steroid dienone is 5. The summed E-state index contributed by atoms with van der Waals surface area (Å²) in [4.78, 5) is 2.65. The lowest BCUT2D eigenvalue weighted by molar-refractivity contribution is 0.899. The van der Waals surface area contributed by atoms with E-state index >= 15 is 0 Å². The summed E-state index contributed by atoms with van der Waals surface area (Å²) in [7, 11) is 0. The van der Waals surface area contributed by atoms with Gasteiger partial charge in [-0.2, -0.15) is 11.8 Å². The van der Waals surface area contributed by atoms with E-state index in [9.17, 15) is 0 Å². The first kappa shape index (κ1) is 12.9. The van der Waals surface area contributed by atoms with Crippen LogP contribution in [-0.4, -0.2) is 18.1 Å². The van der Waals surface area contributed by atoms with Crippen LogP contribution in [0.3, 0.4) is 0 Å². The zero-order valence-electron chi connectivity index (χ0n) is 9.08. The smallest absolute Gasteiger partial charge is 0.0148 e. The Morgan fingerprint density at radius 1 is 1.47 bits per heavy atom. The van der Waals surface area contributed by atoms with Crippen LogP contribution in [0, 0.1) is 5.92 Å². The second kappa shape index (κ2) is 8.03. The second-order valence-electron chi connectivity index (χ2n) is 3.44. The standard InChI is InChI=1S/C12H18ClNS/c1-2-15-10-12-5-3-4-11(6-7-12)8-9-14-13/h3-7,12,14H,2,8-10H2,1H3. The van der Waals surface area contributed by atoms with Crippen molar-refractivity contribution in [3.63, 3.8) is 0 Å². The first-order valence-corrected chi connectivity index (χ1v) is 6.87. The minimum atomic E-state index is 0.577. The summed E-state index contributed by atoms with van der Waals surface area (Å²) in [6, 6.07) is 0. The first-order chi connectivity index (χ1) is 7.36. The van der Waals surface area contributed by atoms with Crippen molar-refractivity contribution in [2.75, 3.05) is 18.1 Å². The minimum Gasteiger partial charge on any atom is -0.233 e. The second-order valence-corrected chi connectivity index (χ2v) is 5.03. The molecule has 0 fully saturated rings. The fourth-order valence-corrected chi connectivity index (χ4v) is 2.24. The van der Waals surface area contributed by atoms with Gasteiger partial charge in [0.15, 0.2) is 0 Å². The van der Waals surface area contributed by atoms with Gasteiger partial charge in [-0.1, -0.05) is 37.3 Å². The van der Waals surface area contributed by atoms with E-state index in [1.165, 1.54) is 17.1 Å². The van der Waals surface area contributed by atoms with Crippen molar-refractivity contribution >= 4 is 23.5 Å². The van der Waals surface area contributed by atoms with Crippen molar-refractivity contribution < 1.29 is 0 Å². The predicted octanol–water partition coefficient (Wildman–Crippen LogP) is 3.54. The lowest BCUT2D eigenvalue weighted by Gasteiger charge is -2.04. The Bertz CT molecular complexity index is 258. The first-order valence-electron chi connectivity index (χ1n) is 5.33. The molecule has 0 heterocycles. The van der Waals surface area contributed by atoms with Crippen LogP contribution in [0.4, 0.5) is 0 Å². The average Bonchev–Trinajstić information content (AvgIpc) is 2.49. The molecule has 0 spiro atoms. The molecular formula is C12H18ClNS. The van der Waals surface area contributed by atoms with Crippen molar-refractivity contribution in [3.8, 4) is 0 Å². The van der Waals surface area contributed by atoms with E-state index in [1.54, 1.807) is 0 Å². The van der Waals surface area contributed by atoms with E-state index in [0.717, 1.165) is 13.0 Å². The van der Waals surface area contributed by atoms with Gasteiger partial charge in [-0.15, -0.1) is 0 Å². The molecule has 84 valence electrons.